The molecule has 0 saturated carbocycles. The van der Waals surface area contributed by atoms with E-state index in [1.54, 1.807) is 10.9 Å². The number of nitrogens with zero attached hydrogens (tertiary/aromatic N) is 7. The minimum absolute atomic E-state index is 0.404. The van der Waals surface area contributed by atoms with Crippen molar-refractivity contribution in [3.63, 3.8) is 0 Å². The summed E-state index contributed by atoms with van der Waals surface area (Å²) in [4.78, 5) is 15.8. The maximum atomic E-state index is 12.7. The number of anilines is 2. The number of hydrogen-bond acceptors (Lipinski definition) is 7. The third-order valence-electron chi connectivity index (χ3n) is 4.13. The van der Waals surface area contributed by atoms with Gasteiger partial charge in [0.2, 0.25) is 0 Å². The largest absolute Gasteiger partial charge is 0.427 e. The number of alkyl halides is 3. The summed E-state index contributed by atoms with van der Waals surface area (Å²) < 4.78 is 39.9. The zero-order chi connectivity index (χ0) is 17.6. The Morgan fingerprint density at radius 3 is 2.40 bits per heavy atom. The topological polar surface area (TPSA) is 63.0 Å². The van der Waals surface area contributed by atoms with Crippen LogP contribution in [0, 0.1) is 0 Å². The maximum Gasteiger partial charge on any atom is 0.427 e. The molecule has 0 aromatic carbocycles. The Bertz CT molecular complexity index is 895. The summed E-state index contributed by atoms with van der Waals surface area (Å²) in [5.41, 5.74) is 0.752. The van der Waals surface area contributed by atoms with Gasteiger partial charge in [0.25, 0.3) is 0 Å². The quantitative estimate of drug-likeness (QED) is 0.690. The van der Waals surface area contributed by atoms with Crippen molar-refractivity contribution in [1.82, 2.24) is 24.7 Å². The molecular weight excluding hydrogens is 355 g/mol. The fraction of sp³-hybridized carbons (Fsp3) is 0.429. The smallest absolute Gasteiger partial charge is 0.352 e. The first-order chi connectivity index (χ1) is 11.9. The molecule has 3 aromatic rings. The zero-order valence-corrected chi connectivity index (χ0v) is 14.0. The fourth-order valence-electron chi connectivity index (χ4n) is 2.85. The highest BCUT2D eigenvalue weighted by molar-refractivity contribution is 7.15. The Labute approximate surface area is 144 Å². The molecule has 11 heteroatoms. The van der Waals surface area contributed by atoms with Gasteiger partial charge in [0, 0.05) is 33.2 Å². The molecule has 0 aliphatic carbocycles. The standard InChI is InChI=1S/C14H14F3N7S/c1-22-11-9(6-21-22)12(20-8-19-11)23-2-4-24(5-3-23)13-18-7-10(25-13)14(15,16)17/h6-8H,2-5H2,1H3. The van der Waals surface area contributed by atoms with E-state index in [0.29, 0.717) is 42.6 Å². The van der Waals surface area contributed by atoms with Gasteiger partial charge in [-0.1, -0.05) is 11.3 Å². The predicted octanol–water partition coefficient (Wildman–Crippen LogP) is 2.17. The van der Waals surface area contributed by atoms with Crippen LogP contribution in [0.3, 0.4) is 0 Å². The van der Waals surface area contributed by atoms with Crippen LogP contribution in [0.4, 0.5) is 24.1 Å². The predicted molar refractivity (Wildman–Crippen MR) is 87.8 cm³/mol. The van der Waals surface area contributed by atoms with E-state index in [2.05, 4.69) is 25.0 Å². The number of aromatic nitrogens is 5. The number of piperazine rings is 1. The van der Waals surface area contributed by atoms with Gasteiger partial charge in [-0.2, -0.15) is 18.3 Å². The van der Waals surface area contributed by atoms with Gasteiger partial charge in [0.15, 0.2) is 10.8 Å². The fourth-order valence-corrected chi connectivity index (χ4v) is 3.69. The average Bonchev–Trinajstić information content (AvgIpc) is 3.22. The van der Waals surface area contributed by atoms with Crippen molar-refractivity contribution in [2.75, 3.05) is 36.0 Å². The first-order valence-electron chi connectivity index (χ1n) is 7.59. The summed E-state index contributed by atoms with van der Waals surface area (Å²) in [5.74, 6) is 0.799. The van der Waals surface area contributed by atoms with Crippen molar-refractivity contribution in [1.29, 1.82) is 0 Å². The lowest BCUT2D eigenvalue weighted by Gasteiger charge is -2.35. The van der Waals surface area contributed by atoms with E-state index in [1.807, 2.05) is 11.9 Å². The van der Waals surface area contributed by atoms with Gasteiger partial charge in [-0.3, -0.25) is 4.68 Å². The minimum atomic E-state index is -4.34. The summed E-state index contributed by atoms with van der Waals surface area (Å²) >= 11 is 0.682. The van der Waals surface area contributed by atoms with Crippen LogP contribution in [0.2, 0.25) is 0 Å². The highest BCUT2D eigenvalue weighted by atomic mass is 32.1. The summed E-state index contributed by atoms with van der Waals surface area (Å²) in [7, 11) is 1.82. The summed E-state index contributed by atoms with van der Waals surface area (Å²) in [6.45, 7) is 2.44. The molecule has 0 bridgehead atoms. The van der Waals surface area contributed by atoms with Gasteiger partial charge in [0.1, 0.15) is 17.0 Å². The van der Waals surface area contributed by atoms with E-state index in [-0.39, 0.29) is 0 Å². The average molecular weight is 369 g/mol. The second kappa shape index (κ2) is 5.83. The summed E-state index contributed by atoms with van der Waals surface area (Å²) in [5, 5.41) is 5.47. The van der Waals surface area contributed by atoms with E-state index in [4.69, 9.17) is 0 Å². The summed E-state index contributed by atoms with van der Waals surface area (Å²) in [6, 6.07) is 0. The molecule has 0 N–H and O–H groups in total. The number of thiazole rings is 1. The molecule has 4 rings (SSSR count). The van der Waals surface area contributed by atoms with Crippen molar-refractivity contribution >= 4 is 33.3 Å². The molecule has 25 heavy (non-hydrogen) atoms. The molecule has 3 aromatic heterocycles. The Balaban J connectivity index is 1.50. The SMILES string of the molecule is Cn1ncc2c(N3CCN(c4ncc(C(F)(F)F)s4)CC3)ncnc21. The second-order valence-corrected chi connectivity index (χ2v) is 6.69. The molecule has 0 radical (unpaired) electrons. The van der Waals surface area contributed by atoms with Gasteiger partial charge in [0.05, 0.1) is 17.8 Å². The lowest BCUT2D eigenvalue weighted by Crippen LogP contribution is -2.46. The van der Waals surface area contributed by atoms with E-state index in [9.17, 15) is 13.2 Å². The van der Waals surface area contributed by atoms with Crippen molar-refractivity contribution < 1.29 is 13.2 Å². The monoisotopic (exact) mass is 369 g/mol. The van der Waals surface area contributed by atoms with Gasteiger partial charge >= 0.3 is 6.18 Å². The van der Waals surface area contributed by atoms with E-state index in [1.165, 1.54) is 6.33 Å². The van der Waals surface area contributed by atoms with Crippen LogP contribution in [-0.4, -0.2) is 50.9 Å². The Morgan fingerprint density at radius 1 is 1.00 bits per heavy atom. The van der Waals surface area contributed by atoms with Crippen molar-refractivity contribution in [2.45, 2.75) is 6.18 Å². The molecule has 132 valence electrons. The molecular formula is C14H14F3N7S. The van der Waals surface area contributed by atoms with Crippen LogP contribution in [0.25, 0.3) is 11.0 Å². The number of aryl methyl sites for hydroxylation is 1. The molecule has 0 spiro atoms. The number of rotatable bonds is 2. The van der Waals surface area contributed by atoms with Gasteiger partial charge in [-0.25, -0.2) is 15.0 Å². The highest BCUT2D eigenvalue weighted by Crippen LogP contribution is 2.36. The van der Waals surface area contributed by atoms with Gasteiger partial charge in [-0.15, -0.1) is 0 Å². The molecule has 1 aliphatic heterocycles. The molecule has 1 fully saturated rings. The molecule has 4 heterocycles. The Kier molecular flexibility index (Phi) is 3.74. The maximum absolute atomic E-state index is 12.7. The molecule has 1 saturated heterocycles. The third kappa shape index (κ3) is 2.88. The van der Waals surface area contributed by atoms with Crippen LogP contribution < -0.4 is 9.80 Å². The van der Waals surface area contributed by atoms with Crippen LogP contribution in [0.5, 0.6) is 0 Å². The normalized spacial score (nSPS) is 16.0. The van der Waals surface area contributed by atoms with E-state index >= 15 is 0 Å². The lowest BCUT2D eigenvalue weighted by molar-refractivity contribution is -0.134. The molecule has 0 unspecified atom stereocenters. The summed E-state index contributed by atoms with van der Waals surface area (Å²) in [6.07, 6.45) is -0.212. The molecule has 1 aliphatic rings. The van der Waals surface area contributed by atoms with Crippen molar-refractivity contribution in [2.24, 2.45) is 7.05 Å². The highest BCUT2D eigenvalue weighted by Gasteiger charge is 2.34. The third-order valence-corrected chi connectivity index (χ3v) is 5.23. The van der Waals surface area contributed by atoms with Gasteiger partial charge in [-0.05, 0) is 0 Å². The zero-order valence-electron chi connectivity index (χ0n) is 13.2. The minimum Gasteiger partial charge on any atom is -0.352 e. The Morgan fingerprint density at radius 2 is 1.72 bits per heavy atom. The Hall–Kier alpha value is -2.43. The van der Waals surface area contributed by atoms with E-state index in [0.717, 1.165) is 23.0 Å². The van der Waals surface area contributed by atoms with Crippen molar-refractivity contribution in [3.05, 3.63) is 23.6 Å². The van der Waals surface area contributed by atoms with Crippen LogP contribution in [0.15, 0.2) is 18.7 Å². The van der Waals surface area contributed by atoms with Gasteiger partial charge < -0.3 is 9.80 Å². The first-order valence-corrected chi connectivity index (χ1v) is 8.41. The molecule has 0 atom stereocenters. The molecule has 0 amide bonds. The second-order valence-electron chi connectivity index (χ2n) is 5.68. The molecule has 7 nitrogen and oxygen atoms in total. The first kappa shape index (κ1) is 16.1. The van der Waals surface area contributed by atoms with Crippen LogP contribution >= 0.6 is 11.3 Å². The van der Waals surface area contributed by atoms with Crippen LogP contribution in [0.1, 0.15) is 4.88 Å². The lowest BCUT2D eigenvalue weighted by atomic mass is 10.3. The van der Waals surface area contributed by atoms with Crippen LogP contribution in [-0.2, 0) is 13.2 Å². The number of hydrogen-bond donors (Lipinski definition) is 0. The number of halogens is 3. The number of fused-ring (bicyclic) bond motifs is 1. The van der Waals surface area contributed by atoms with Crippen molar-refractivity contribution in [3.8, 4) is 0 Å². The van der Waals surface area contributed by atoms with E-state index < -0.39 is 11.1 Å².